The first-order valence-electron chi connectivity index (χ1n) is 6.91. The molecule has 1 aliphatic heterocycles. The van der Waals surface area contributed by atoms with Gasteiger partial charge in [0.15, 0.2) is 0 Å². The van der Waals surface area contributed by atoms with Crippen molar-refractivity contribution in [3.63, 3.8) is 0 Å². The van der Waals surface area contributed by atoms with Crippen molar-refractivity contribution in [3.8, 4) is 0 Å². The summed E-state index contributed by atoms with van der Waals surface area (Å²) in [5, 5.41) is 0. The van der Waals surface area contributed by atoms with Crippen molar-refractivity contribution in [3.05, 3.63) is 22.4 Å². The number of anilines is 1. The van der Waals surface area contributed by atoms with Gasteiger partial charge in [-0.15, -0.1) is 0 Å². The zero-order valence-electron chi connectivity index (χ0n) is 11.4. The number of likely N-dealkylation sites (tertiary alicyclic amines) is 1. The molecule has 1 aromatic heterocycles. The number of imidazole rings is 1. The van der Waals surface area contributed by atoms with E-state index in [0.29, 0.717) is 15.9 Å². The van der Waals surface area contributed by atoms with Crippen molar-refractivity contribution in [2.75, 3.05) is 25.4 Å². The minimum Gasteiger partial charge on any atom is -0.369 e. The molecule has 6 heteroatoms. The molecule has 0 bridgehead atoms. The van der Waals surface area contributed by atoms with Gasteiger partial charge in [0, 0.05) is 18.7 Å². The number of aromatic nitrogens is 2. The summed E-state index contributed by atoms with van der Waals surface area (Å²) in [4.78, 5) is 6.71. The Morgan fingerprint density at radius 1 is 1.40 bits per heavy atom. The number of nitrogens with two attached hydrogens (primary N) is 1. The van der Waals surface area contributed by atoms with E-state index < -0.39 is 0 Å². The second-order valence-electron chi connectivity index (χ2n) is 5.45. The standard InChI is InChI=1S/C14H18BrFN4/c1-9(8-19-4-2-3-5-19)20-13-6-10(15)11(16)7-12(13)18-14(20)17/h6-7,9H,2-5,8H2,1H3,(H2,17,18). The summed E-state index contributed by atoms with van der Waals surface area (Å²) in [5.41, 5.74) is 7.51. The highest BCUT2D eigenvalue weighted by Crippen LogP contribution is 2.28. The second-order valence-corrected chi connectivity index (χ2v) is 6.31. The summed E-state index contributed by atoms with van der Waals surface area (Å²) in [7, 11) is 0. The molecule has 20 heavy (non-hydrogen) atoms. The summed E-state index contributed by atoms with van der Waals surface area (Å²) in [6.07, 6.45) is 2.53. The van der Waals surface area contributed by atoms with E-state index in [4.69, 9.17) is 5.73 Å². The smallest absolute Gasteiger partial charge is 0.201 e. The molecule has 4 nitrogen and oxygen atoms in total. The minimum atomic E-state index is -0.311. The number of benzene rings is 1. The van der Waals surface area contributed by atoms with E-state index in [0.717, 1.165) is 25.2 Å². The van der Waals surface area contributed by atoms with E-state index in [-0.39, 0.29) is 11.9 Å². The van der Waals surface area contributed by atoms with Crippen molar-refractivity contribution >= 4 is 32.9 Å². The van der Waals surface area contributed by atoms with E-state index in [1.54, 1.807) is 6.07 Å². The lowest BCUT2D eigenvalue weighted by Gasteiger charge is -2.22. The lowest BCUT2D eigenvalue weighted by Crippen LogP contribution is -2.27. The van der Waals surface area contributed by atoms with Crippen LogP contribution in [0, 0.1) is 5.82 Å². The molecule has 1 saturated heterocycles. The fraction of sp³-hybridized carbons (Fsp3) is 0.500. The molecule has 1 atom stereocenters. The predicted molar refractivity (Wildman–Crippen MR) is 82.2 cm³/mol. The van der Waals surface area contributed by atoms with Gasteiger partial charge in [0.1, 0.15) is 5.82 Å². The molecule has 1 unspecified atom stereocenters. The third kappa shape index (κ3) is 2.42. The van der Waals surface area contributed by atoms with Crippen LogP contribution in [0.4, 0.5) is 10.3 Å². The maximum absolute atomic E-state index is 13.6. The van der Waals surface area contributed by atoms with Crippen LogP contribution in [0.5, 0.6) is 0 Å². The number of hydrogen-bond acceptors (Lipinski definition) is 3. The first-order valence-corrected chi connectivity index (χ1v) is 7.70. The summed E-state index contributed by atoms with van der Waals surface area (Å²) in [5.74, 6) is 0.138. The number of halogens is 2. The quantitative estimate of drug-likeness (QED) is 0.933. The molecule has 0 saturated carbocycles. The average Bonchev–Trinajstić information content (AvgIpc) is 2.97. The van der Waals surface area contributed by atoms with Crippen LogP contribution in [0.2, 0.25) is 0 Å². The highest BCUT2D eigenvalue weighted by atomic mass is 79.9. The fourth-order valence-corrected chi connectivity index (χ4v) is 3.32. The first-order chi connectivity index (χ1) is 9.56. The van der Waals surface area contributed by atoms with Crippen LogP contribution < -0.4 is 5.73 Å². The van der Waals surface area contributed by atoms with Crippen LogP contribution >= 0.6 is 15.9 Å². The van der Waals surface area contributed by atoms with E-state index in [2.05, 4.69) is 32.7 Å². The van der Waals surface area contributed by atoms with Crippen molar-refractivity contribution in [2.24, 2.45) is 0 Å². The number of hydrogen-bond donors (Lipinski definition) is 1. The molecule has 2 heterocycles. The molecule has 3 rings (SSSR count). The number of nitrogen functional groups attached to an aromatic ring is 1. The molecule has 0 amide bonds. The highest BCUT2D eigenvalue weighted by molar-refractivity contribution is 9.10. The van der Waals surface area contributed by atoms with Crippen LogP contribution in [0.25, 0.3) is 11.0 Å². The highest BCUT2D eigenvalue weighted by Gasteiger charge is 2.20. The van der Waals surface area contributed by atoms with Crippen molar-refractivity contribution in [2.45, 2.75) is 25.8 Å². The fourth-order valence-electron chi connectivity index (χ4n) is 2.99. The molecule has 0 aliphatic carbocycles. The molecule has 0 spiro atoms. The van der Waals surface area contributed by atoms with Crippen LogP contribution in [0.3, 0.4) is 0 Å². The van der Waals surface area contributed by atoms with Gasteiger partial charge in [0.25, 0.3) is 0 Å². The molecule has 1 aromatic carbocycles. The Bertz CT molecular complexity index is 634. The Morgan fingerprint density at radius 2 is 2.10 bits per heavy atom. The second kappa shape index (κ2) is 5.33. The van der Waals surface area contributed by atoms with Gasteiger partial charge in [0.05, 0.1) is 15.5 Å². The minimum absolute atomic E-state index is 0.218. The van der Waals surface area contributed by atoms with Crippen LogP contribution in [0.1, 0.15) is 25.8 Å². The zero-order chi connectivity index (χ0) is 14.3. The van der Waals surface area contributed by atoms with Crippen molar-refractivity contribution < 1.29 is 4.39 Å². The molecule has 1 aliphatic rings. The largest absolute Gasteiger partial charge is 0.369 e. The average molecular weight is 341 g/mol. The first kappa shape index (κ1) is 13.8. The third-order valence-electron chi connectivity index (χ3n) is 3.92. The maximum Gasteiger partial charge on any atom is 0.201 e. The molecular formula is C14H18BrFN4. The lowest BCUT2D eigenvalue weighted by molar-refractivity contribution is 0.291. The number of fused-ring (bicyclic) bond motifs is 1. The number of rotatable bonds is 3. The Labute approximate surface area is 125 Å². The summed E-state index contributed by atoms with van der Waals surface area (Å²) < 4.78 is 16.0. The lowest BCUT2D eigenvalue weighted by atomic mass is 10.2. The summed E-state index contributed by atoms with van der Waals surface area (Å²) in [6.45, 7) is 5.38. The van der Waals surface area contributed by atoms with E-state index in [1.807, 2.05) is 4.57 Å². The van der Waals surface area contributed by atoms with Crippen LogP contribution in [0.15, 0.2) is 16.6 Å². The van der Waals surface area contributed by atoms with Crippen LogP contribution in [-0.4, -0.2) is 34.1 Å². The van der Waals surface area contributed by atoms with Gasteiger partial charge in [-0.1, -0.05) is 0 Å². The Kier molecular flexibility index (Phi) is 3.69. The summed E-state index contributed by atoms with van der Waals surface area (Å²) in [6, 6.07) is 3.40. The van der Waals surface area contributed by atoms with Crippen molar-refractivity contribution in [1.82, 2.24) is 14.5 Å². The molecule has 2 aromatic rings. The van der Waals surface area contributed by atoms with Crippen molar-refractivity contribution in [1.29, 1.82) is 0 Å². The topological polar surface area (TPSA) is 47.1 Å². The Hall–Kier alpha value is -1.14. The van der Waals surface area contributed by atoms with Gasteiger partial charge in [-0.3, -0.25) is 0 Å². The van der Waals surface area contributed by atoms with Gasteiger partial charge in [-0.25, -0.2) is 9.37 Å². The van der Waals surface area contributed by atoms with Gasteiger partial charge < -0.3 is 15.2 Å². The SMILES string of the molecule is CC(CN1CCCC1)n1c(N)nc2cc(F)c(Br)cc21. The van der Waals surface area contributed by atoms with Gasteiger partial charge in [0.2, 0.25) is 5.95 Å². The molecule has 2 N–H and O–H groups in total. The van der Waals surface area contributed by atoms with Gasteiger partial charge in [-0.2, -0.15) is 0 Å². The van der Waals surface area contributed by atoms with Gasteiger partial charge >= 0.3 is 0 Å². The Morgan fingerprint density at radius 3 is 2.80 bits per heavy atom. The van der Waals surface area contributed by atoms with Crippen LogP contribution in [-0.2, 0) is 0 Å². The summed E-state index contributed by atoms with van der Waals surface area (Å²) >= 11 is 3.23. The van der Waals surface area contributed by atoms with E-state index in [1.165, 1.54) is 18.9 Å². The Balaban J connectivity index is 1.97. The molecule has 1 fully saturated rings. The normalized spacial score (nSPS) is 17.9. The molecular weight excluding hydrogens is 323 g/mol. The van der Waals surface area contributed by atoms with Gasteiger partial charge in [-0.05, 0) is 54.9 Å². The predicted octanol–water partition coefficient (Wildman–Crippen LogP) is 3.18. The van der Waals surface area contributed by atoms with E-state index in [9.17, 15) is 4.39 Å². The molecule has 108 valence electrons. The van der Waals surface area contributed by atoms with E-state index >= 15 is 0 Å². The number of nitrogens with zero attached hydrogens (tertiary/aromatic N) is 3. The monoisotopic (exact) mass is 340 g/mol. The third-order valence-corrected chi connectivity index (χ3v) is 4.53. The molecule has 0 radical (unpaired) electrons. The maximum atomic E-state index is 13.6. The zero-order valence-corrected chi connectivity index (χ0v) is 13.0.